The van der Waals surface area contributed by atoms with Crippen LogP contribution in [0.15, 0.2) is 83.9 Å². The number of amides is 1. The summed E-state index contributed by atoms with van der Waals surface area (Å²) in [6.07, 6.45) is 0. The molecule has 5 nitrogen and oxygen atoms in total. The zero-order valence-electron chi connectivity index (χ0n) is 16.5. The zero-order chi connectivity index (χ0) is 20.8. The van der Waals surface area contributed by atoms with Crippen LogP contribution >= 0.6 is 11.8 Å². The van der Waals surface area contributed by atoms with E-state index in [0.29, 0.717) is 11.6 Å². The van der Waals surface area contributed by atoms with E-state index in [2.05, 4.69) is 39.8 Å². The summed E-state index contributed by atoms with van der Waals surface area (Å²) in [6, 6.07) is 25.6. The maximum atomic E-state index is 12.2. The van der Waals surface area contributed by atoms with Crippen molar-refractivity contribution in [3.8, 4) is 17.0 Å². The van der Waals surface area contributed by atoms with E-state index in [4.69, 9.17) is 4.74 Å². The lowest BCUT2D eigenvalue weighted by Crippen LogP contribution is -2.14. The fourth-order valence-corrected chi connectivity index (χ4v) is 3.65. The number of rotatable bonds is 7. The Balaban J connectivity index is 1.34. The highest BCUT2D eigenvalue weighted by atomic mass is 32.2. The van der Waals surface area contributed by atoms with Crippen LogP contribution < -0.4 is 10.1 Å². The fourth-order valence-electron chi connectivity index (χ4n) is 3.04. The van der Waals surface area contributed by atoms with Gasteiger partial charge in [0.25, 0.3) is 0 Å². The first-order valence-electron chi connectivity index (χ1n) is 9.70. The van der Waals surface area contributed by atoms with E-state index < -0.39 is 0 Å². The normalized spacial score (nSPS) is 10.7. The van der Waals surface area contributed by atoms with Crippen molar-refractivity contribution >= 4 is 34.1 Å². The lowest BCUT2D eigenvalue weighted by Gasteiger charge is -2.07. The molecule has 0 saturated carbocycles. The molecule has 1 heterocycles. The van der Waals surface area contributed by atoms with Gasteiger partial charge in [-0.25, -0.2) is 0 Å². The molecule has 0 fully saturated rings. The smallest absolute Gasteiger partial charge is 0.234 e. The van der Waals surface area contributed by atoms with Crippen molar-refractivity contribution in [2.45, 2.75) is 11.9 Å². The minimum Gasteiger partial charge on any atom is -0.494 e. The van der Waals surface area contributed by atoms with Crippen molar-refractivity contribution in [1.29, 1.82) is 0 Å². The lowest BCUT2D eigenvalue weighted by atomic mass is 10.1. The van der Waals surface area contributed by atoms with Crippen LogP contribution in [0.5, 0.6) is 5.75 Å². The molecule has 4 aromatic rings. The Kier molecular flexibility index (Phi) is 6.25. The number of anilines is 1. The number of carbonyl (C=O) groups is 1. The molecule has 1 N–H and O–H groups in total. The van der Waals surface area contributed by atoms with Crippen LogP contribution in [0, 0.1) is 0 Å². The van der Waals surface area contributed by atoms with Gasteiger partial charge in [-0.1, -0.05) is 48.2 Å². The number of thioether (sulfide) groups is 1. The van der Waals surface area contributed by atoms with E-state index in [1.807, 2.05) is 61.5 Å². The molecule has 6 heteroatoms. The van der Waals surface area contributed by atoms with Crippen molar-refractivity contribution in [3.05, 3.63) is 78.9 Å². The largest absolute Gasteiger partial charge is 0.494 e. The Morgan fingerprint density at radius 1 is 0.933 bits per heavy atom. The van der Waals surface area contributed by atoms with E-state index in [-0.39, 0.29) is 11.7 Å². The summed E-state index contributed by atoms with van der Waals surface area (Å²) in [5.74, 6) is 0.952. The number of nitrogens with one attached hydrogen (secondary N) is 1. The molecule has 0 atom stereocenters. The van der Waals surface area contributed by atoms with Crippen molar-refractivity contribution < 1.29 is 9.53 Å². The minimum atomic E-state index is -0.0930. The Bertz CT molecular complexity index is 1150. The van der Waals surface area contributed by atoms with E-state index in [0.717, 1.165) is 22.7 Å². The van der Waals surface area contributed by atoms with Gasteiger partial charge >= 0.3 is 0 Å². The number of benzene rings is 3. The zero-order valence-corrected chi connectivity index (χ0v) is 17.4. The minimum absolute atomic E-state index is 0.0930. The van der Waals surface area contributed by atoms with Gasteiger partial charge in [-0.15, -0.1) is 10.2 Å². The van der Waals surface area contributed by atoms with Gasteiger partial charge in [0, 0.05) is 11.3 Å². The average Bonchev–Trinajstić information content (AvgIpc) is 2.79. The fraction of sp³-hybridized carbons (Fsp3) is 0.125. The first-order valence-corrected chi connectivity index (χ1v) is 10.7. The first-order chi connectivity index (χ1) is 14.7. The van der Waals surface area contributed by atoms with Gasteiger partial charge < -0.3 is 10.1 Å². The van der Waals surface area contributed by atoms with Gasteiger partial charge in [-0.3, -0.25) is 4.79 Å². The Morgan fingerprint density at radius 2 is 1.73 bits per heavy atom. The number of carbonyl (C=O) groups excluding carboxylic acids is 1. The second kappa shape index (κ2) is 9.41. The molecule has 150 valence electrons. The van der Waals surface area contributed by atoms with Crippen LogP contribution in [-0.4, -0.2) is 28.5 Å². The summed E-state index contributed by atoms with van der Waals surface area (Å²) in [7, 11) is 0. The number of hydrogen-bond donors (Lipinski definition) is 1. The molecular weight excluding hydrogens is 394 g/mol. The van der Waals surface area contributed by atoms with Crippen LogP contribution in [-0.2, 0) is 4.79 Å². The predicted molar refractivity (Wildman–Crippen MR) is 122 cm³/mol. The molecule has 1 amide bonds. The van der Waals surface area contributed by atoms with Gasteiger partial charge in [0.15, 0.2) is 0 Å². The summed E-state index contributed by atoms with van der Waals surface area (Å²) < 4.78 is 5.40. The number of aromatic nitrogens is 2. The number of ether oxygens (including phenoxy) is 1. The SMILES string of the molecule is CCOc1ccc(NC(=O)CSc2ccc(-c3ccc4ccccc4c3)nn2)cc1. The van der Waals surface area contributed by atoms with E-state index >= 15 is 0 Å². The molecule has 0 unspecified atom stereocenters. The van der Waals surface area contributed by atoms with Crippen molar-refractivity contribution in [1.82, 2.24) is 10.2 Å². The maximum Gasteiger partial charge on any atom is 0.234 e. The molecule has 0 aliphatic rings. The Labute approximate surface area is 179 Å². The van der Waals surface area contributed by atoms with Gasteiger partial charge in [0.1, 0.15) is 10.8 Å². The molecule has 3 aromatic carbocycles. The molecule has 1 aromatic heterocycles. The van der Waals surface area contributed by atoms with Crippen LogP contribution in [0.1, 0.15) is 6.92 Å². The van der Waals surface area contributed by atoms with Crippen molar-refractivity contribution in [3.63, 3.8) is 0 Å². The third-order valence-electron chi connectivity index (χ3n) is 4.49. The monoisotopic (exact) mass is 415 g/mol. The van der Waals surface area contributed by atoms with Gasteiger partial charge in [-0.2, -0.15) is 0 Å². The summed E-state index contributed by atoms with van der Waals surface area (Å²) in [5.41, 5.74) is 2.57. The summed E-state index contributed by atoms with van der Waals surface area (Å²) in [6.45, 7) is 2.55. The van der Waals surface area contributed by atoms with Gasteiger partial charge in [0.2, 0.25) is 5.91 Å². The molecule has 0 aliphatic carbocycles. The average molecular weight is 416 g/mol. The molecule has 0 spiro atoms. The third kappa shape index (κ3) is 4.96. The van der Waals surface area contributed by atoms with Gasteiger partial charge in [0.05, 0.1) is 18.1 Å². The third-order valence-corrected chi connectivity index (χ3v) is 5.41. The Morgan fingerprint density at radius 3 is 2.47 bits per heavy atom. The predicted octanol–water partition coefficient (Wildman–Crippen LogP) is 5.43. The van der Waals surface area contributed by atoms with Crippen molar-refractivity contribution in [2.75, 3.05) is 17.7 Å². The second-order valence-corrected chi connectivity index (χ2v) is 7.61. The molecule has 0 aliphatic heterocycles. The van der Waals surface area contributed by atoms with Crippen LogP contribution in [0.3, 0.4) is 0 Å². The number of fused-ring (bicyclic) bond motifs is 1. The van der Waals surface area contributed by atoms with E-state index in [1.54, 1.807) is 0 Å². The molecule has 30 heavy (non-hydrogen) atoms. The summed E-state index contributed by atoms with van der Waals surface area (Å²) in [4.78, 5) is 12.2. The van der Waals surface area contributed by atoms with Crippen molar-refractivity contribution in [2.24, 2.45) is 0 Å². The topological polar surface area (TPSA) is 64.1 Å². The highest BCUT2D eigenvalue weighted by Gasteiger charge is 2.07. The lowest BCUT2D eigenvalue weighted by molar-refractivity contribution is -0.113. The summed E-state index contributed by atoms with van der Waals surface area (Å²) >= 11 is 1.36. The molecular formula is C24H21N3O2S. The highest BCUT2D eigenvalue weighted by Crippen LogP contribution is 2.24. The van der Waals surface area contributed by atoms with Crippen LogP contribution in [0.2, 0.25) is 0 Å². The highest BCUT2D eigenvalue weighted by molar-refractivity contribution is 7.99. The van der Waals surface area contributed by atoms with E-state index in [1.165, 1.54) is 22.5 Å². The summed E-state index contributed by atoms with van der Waals surface area (Å²) in [5, 5.41) is 14.5. The molecule has 4 rings (SSSR count). The maximum absolute atomic E-state index is 12.2. The quantitative estimate of drug-likeness (QED) is 0.408. The second-order valence-electron chi connectivity index (χ2n) is 6.61. The first kappa shape index (κ1) is 19.9. The van der Waals surface area contributed by atoms with Crippen LogP contribution in [0.25, 0.3) is 22.0 Å². The van der Waals surface area contributed by atoms with E-state index in [9.17, 15) is 4.79 Å². The number of hydrogen-bond acceptors (Lipinski definition) is 5. The van der Waals surface area contributed by atoms with Gasteiger partial charge in [-0.05, 0) is 60.2 Å². The number of nitrogens with zero attached hydrogens (tertiary/aromatic N) is 2. The van der Waals surface area contributed by atoms with Crippen LogP contribution in [0.4, 0.5) is 5.69 Å². The molecule has 0 radical (unpaired) electrons. The molecule has 0 saturated heterocycles. The Hall–Kier alpha value is -3.38. The standard InChI is InChI=1S/C24H21N3O2S/c1-2-29-21-11-9-20(10-12-21)25-23(28)16-30-24-14-13-22(26-27-24)19-8-7-17-5-3-4-6-18(17)15-19/h3-15H,2,16H2,1H3,(H,25,28). The molecule has 0 bridgehead atoms.